The highest BCUT2D eigenvalue weighted by Gasteiger charge is 2.30. The van der Waals surface area contributed by atoms with Gasteiger partial charge in [0.2, 0.25) is 0 Å². The van der Waals surface area contributed by atoms with Crippen LogP contribution in [0.3, 0.4) is 0 Å². The maximum Gasteiger partial charge on any atom is 0.270 e. The van der Waals surface area contributed by atoms with Gasteiger partial charge in [0.25, 0.3) is 15.7 Å². The van der Waals surface area contributed by atoms with Crippen molar-refractivity contribution in [2.24, 2.45) is 0 Å². The number of rotatable bonds is 3. The van der Waals surface area contributed by atoms with Gasteiger partial charge in [-0.05, 0) is 42.7 Å². The number of anilines is 1. The van der Waals surface area contributed by atoms with E-state index >= 15 is 0 Å². The molecule has 0 radical (unpaired) electrons. The summed E-state index contributed by atoms with van der Waals surface area (Å²) in [5.74, 6) is 0. The van der Waals surface area contributed by atoms with E-state index in [1.54, 1.807) is 18.2 Å². The molecule has 1 aliphatic heterocycles. The van der Waals surface area contributed by atoms with Gasteiger partial charge in [-0.2, -0.15) is 0 Å². The van der Waals surface area contributed by atoms with Crippen LogP contribution in [0.5, 0.6) is 0 Å². The molecule has 2 aromatic carbocycles. The van der Waals surface area contributed by atoms with Gasteiger partial charge in [0.05, 0.1) is 15.5 Å². The van der Waals surface area contributed by atoms with Gasteiger partial charge >= 0.3 is 0 Å². The number of fused-ring (bicyclic) bond motifs is 1. The summed E-state index contributed by atoms with van der Waals surface area (Å²) < 4.78 is 27.1. The van der Waals surface area contributed by atoms with Gasteiger partial charge in [0.1, 0.15) is 0 Å². The predicted molar refractivity (Wildman–Crippen MR) is 87.4 cm³/mol. The maximum absolute atomic E-state index is 12.9. The van der Waals surface area contributed by atoms with E-state index in [1.807, 2.05) is 0 Å². The quantitative estimate of drug-likeness (QED) is 0.626. The summed E-state index contributed by atoms with van der Waals surface area (Å²) in [6.07, 6.45) is 1.42. The van der Waals surface area contributed by atoms with Crippen LogP contribution in [0.15, 0.2) is 47.4 Å². The van der Waals surface area contributed by atoms with Gasteiger partial charge in [0.15, 0.2) is 0 Å². The Morgan fingerprint density at radius 2 is 1.96 bits per heavy atom. The van der Waals surface area contributed by atoms with Crippen LogP contribution >= 0.6 is 11.6 Å². The van der Waals surface area contributed by atoms with Gasteiger partial charge in [-0.15, -0.1) is 0 Å². The largest absolute Gasteiger partial charge is 0.270 e. The number of hydrogen-bond donors (Lipinski definition) is 0. The Labute approximate surface area is 138 Å². The van der Waals surface area contributed by atoms with E-state index in [9.17, 15) is 18.5 Å². The van der Waals surface area contributed by atoms with Crippen molar-refractivity contribution >= 4 is 33.0 Å². The molecule has 0 amide bonds. The molecule has 0 atom stereocenters. The lowest BCUT2D eigenvalue weighted by Gasteiger charge is -2.30. The van der Waals surface area contributed by atoms with Crippen LogP contribution in [0.1, 0.15) is 12.0 Å². The molecular weight excluding hydrogens is 340 g/mol. The Morgan fingerprint density at radius 1 is 1.17 bits per heavy atom. The molecule has 0 fully saturated rings. The van der Waals surface area contributed by atoms with Gasteiger partial charge in [0, 0.05) is 23.7 Å². The molecule has 0 saturated heterocycles. The SMILES string of the molecule is O=[N+]([O-])c1cccc(S(=O)(=O)N2CCCc3cc(Cl)ccc32)c1. The number of nitrogens with zero attached hydrogens (tertiary/aromatic N) is 2. The third kappa shape index (κ3) is 2.89. The number of non-ortho nitro benzene ring substituents is 1. The minimum atomic E-state index is -3.86. The highest BCUT2D eigenvalue weighted by atomic mass is 35.5. The summed E-state index contributed by atoms with van der Waals surface area (Å²) in [5, 5.41) is 11.4. The molecule has 8 heteroatoms. The van der Waals surface area contributed by atoms with E-state index in [2.05, 4.69) is 0 Å². The first-order valence-electron chi connectivity index (χ1n) is 6.95. The van der Waals surface area contributed by atoms with E-state index in [-0.39, 0.29) is 10.6 Å². The molecule has 0 N–H and O–H groups in total. The number of nitro groups is 1. The van der Waals surface area contributed by atoms with Crippen molar-refractivity contribution in [2.45, 2.75) is 17.7 Å². The normalized spacial score (nSPS) is 14.4. The number of benzene rings is 2. The predicted octanol–water partition coefficient (Wildman–Crippen LogP) is 3.39. The lowest BCUT2D eigenvalue weighted by Crippen LogP contribution is -2.35. The number of halogens is 1. The van der Waals surface area contributed by atoms with Gasteiger partial charge in [-0.1, -0.05) is 17.7 Å². The minimum Gasteiger partial charge on any atom is -0.266 e. The number of nitro benzene ring substituents is 1. The van der Waals surface area contributed by atoms with Crippen LogP contribution in [0.2, 0.25) is 5.02 Å². The molecule has 1 heterocycles. The fraction of sp³-hybridized carbons (Fsp3) is 0.200. The second-order valence-corrected chi connectivity index (χ2v) is 7.51. The molecular formula is C15H13ClN2O4S. The second kappa shape index (κ2) is 5.82. The van der Waals surface area contributed by atoms with Crippen LogP contribution in [0.25, 0.3) is 0 Å². The van der Waals surface area contributed by atoms with Crippen molar-refractivity contribution in [1.29, 1.82) is 0 Å². The summed E-state index contributed by atoms with van der Waals surface area (Å²) in [6, 6.07) is 10.2. The average molecular weight is 353 g/mol. The number of hydrogen-bond acceptors (Lipinski definition) is 4. The smallest absolute Gasteiger partial charge is 0.266 e. The highest BCUT2D eigenvalue weighted by molar-refractivity contribution is 7.92. The molecule has 0 aromatic heterocycles. The zero-order valence-corrected chi connectivity index (χ0v) is 13.5. The third-order valence-corrected chi connectivity index (χ3v) is 5.78. The molecule has 1 aliphatic rings. The van der Waals surface area contributed by atoms with E-state index < -0.39 is 14.9 Å². The lowest BCUT2D eigenvalue weighted by molar-refractivity contribution is -0.385. The summed E-state index contributed by atoms with van der Waals surface area (Å²) in [7, 11) is -3.86. The summed E-state index contributed by atoms with van der Waals surface area (Å²) in [6.45, 7) is 0.333. The van der Waals surface area contributed by atoms with Gasteiger partial charge < -0.3 is 0 Å². The van der Waals surface area contributed by atoms with E-state index in [4.69, 9.17) is 11.6 Å². The minimum absolute atomic E-state index is 0.0884. The summed E-state index contributed by atoms with van der Waals surface area (Å²) in [5.41, 5.74) is 1.18. The Kier molecular flexibility index (Phi) is 3.99. The standard InChI is InChI=1S/C15H13ClN2O4S/c16-12-6-7-15-11(9-12)3-2-8-17(15)23(21,22)14-5-1-4-13(10-14)18(19)20/h1,4-7,9-10H,2-3,8H2. The molecule has 0 unspecified atom stereocenters. The fourth-order valence-corrected chi connectivity index (χ4v) is 4.44. The molecule has 23 heavy (non-hydrogen) atoms. The van der Waals surface area contributed by atoms with Crippen molar-refractivity contribution in [1.82, 2.24) is 0 Å². The van der Waals surface area contributed by atoms with Gasteiger partial charge in [-0.25, -0.2) is 8.42 Å². The number of aryl methyl sites for hydroxylation is 1. The Bertz CT molecular complexity index is 883. The molecule has 120 valence electrons. The first kappa shape index (κ1) is 15.8. The highest BCUT2D eigenvalue weighted by Crippen LogP contribution is 2.34. The van der Waals surface area contributed by atoms with E-state index in [1.165, 1.54) is 22.5 Å². The molecule has 0 spiro atoms. The molecule has 3 rings (SSSR count). The van der Waals surface area contributed by atoms with Crippen molar-refractivity contribution in [3.8, 4) is 0 Å². The average Bonchev–Trinajstić information content (AvgIpc) is 2.54. The van der Waals surface area contributed by atoms with Crippen LogP contribution in [0.4, 0.5) is 11.4 Å². The van der Waals surface area contributed by atoms with Crippen molar-refractivity contribution in [3.63, 3.8) is 0 Å². The summed E-state index contributed by atoms with van der Waals surface area (Å²) >= 11 is 5.97. The second-order valence-electron chi connectivity index (χ2n) is 5.21. The van der Waals surface area contributed by atoms with Crippen LogP contribution in [-0.4, -0.2) is 19.9 Å². The van der Waals surface area contributed by atoms with Gasteiger partial charge in [-0.3, -0.25) is 14.4 Å². The molecule has 0 aliphatic carbocycles. The number of sulfonamides is 1. The Hall–Kier alpha value is -2.12. The summed E-state index contributed by atoms with van der Waals surface area (Å²) in [4.78, 5) is 10.2. The molecule has 0 saturated carbocycles. The third-order valence-electron chi connectivity index (χ3n) is 3.73. The van der Waals surface area contributed by atoms with Crippen molar-refractivity contribution in [2.75, 3.05) is 10.8 Å². The first-order valence-corrected chi connectivity index (χ1v) is 8.77. The first-order chi connectivity index (χ1) is 10.9. The van der Waals surface area contributed by atoms with Crippen LogP contribution in [0, 0.1) is 10.1 Å². The maximum atomic E-state index is 12.9. The van der Waals surface area contributed by atoms with Crippen LogP contribution < -0.4 is 4.31 Å². The van der Waals surface area contributed by atoms with E-state index in [0.29, 0.717) is 23.7 Å². The van der Waals surface area contributed by atoms with Crippen LogP contribution in [-0.2, 0) is 16.4 Å². The Morgan fingerprint density at radius 3 is 2.70 bits per heavy atom. The van der Waals surface area contributed by atoms with Crippen molar-refractivity contribution in [3.05, 3.63) is 63.2 Å². The molecule has 0 bridgehead atoms. The zero-order chi connectivity index (χ0) is 16.6. The lowest BCUT2D eigenvalue weighted by atomic mass is 10.0. The Balaban J connectivity index is 2.08. The topological polar surface area (TPSA) is 80.5 Å². The van der Waals surface area contributed by atoms with E-state index in [0.717, 1.165) is 18.1 Å². The fourth-order valence-electron chi connectivity index (χ4n) is 2.67. The van der Waals surface area contributed by atoms with Crippen molar-refractivity contribution < 1.29 is 13.3 Å². The zero-order valence-electron chi connectivity index (χ0n) is 12.0. The molecule has 2 aromatic rings. The molecule has 6 nitrogen and oxygen atoms in total. The monoisotopic (exact) mass is 352 g/mol.